The van der Waals surface area contributed by atoms with Gasteiger partial charge >= 0.3 is 0 Å². The molecule has 3 heteroatoms. The van der Waals surface area contributed by atoms with Gasteiger partial charge in [0.1, 0.15) is 0 Å². The molecule has 0 N–H and O–H groups in total. The van der Waals surface area contributed by atoms with Gasteiger partial charge in [0.25, 0.3) is 0 Å². The molecule has 0 spiro atoms. The van der Waals surface area contributed by atoms with Crippen molar-refractivity contribution in [2.24, 2.45) is 5.92 Å². The molecule has 1 fully saturated rings. The highest BCUT2D eigenvalue weighted by Gasteiger charge is 2.42. The van der Waals surface area contributed by atoms with Gasteiger partial charge in [-0.2, -0.15) is 0 Å². The van der Waals surface area contributed by atoms with Gasteiger partial charge < -0.3 is 4.43 Å². The fraction of sp³-hybridized carbons (Fsp3) is 1.00. The van der Waals surface area contributed by atoms with E-state index in [0.29, 0.717) is 11.1 Å². The Labute approximate surface area is 103 Å². The second-order valence-corrected chi connectivity index (χ2v) is 11.5. The van der Waals surface area contributed by atoms with Crippen LogP contribution in [0.15, 0.2) is 0 Å². The molecule has 0 aromatic rings. The SMILES string of the molecule is CC(C)(C)[Si](C)(C)O[C@H](CI)C1CC1. The van der Waals surface area contributed by atoms with E-state index in [0.717, 1.165) is 10.3 Å². The minimum absolute atomic E-state index is 0.353. The fourth-order valence-corrected chi connectivity index (χ4v) is 3.90. The van der Waals surface area contributed by atoms with Crippen LogP contribution < -0.4 is 0 Å². The zero-order valence-electron chi connectivity index (χ0n) is 10.1. The van der Waals surface area contributed by atoms with Crippen molar-refractivity contribution in [1.82, 2.24) is 0 Å². The van der Waals surface area contributed by atoms with Crippen molar-refractivity contribution >= 4 is 30.9 Å². The van der Waals surface area contributed by atoms with Gasteiger partial charge in [-0.05, 0) is 36.9 Å². The maximum absolute atomic E-state index is 6.41. The molecule has 0 aromatic heterocycles. The largest absolute Gasteiger partial charge is 0.413 e. The maximum Gasteiger partial charge on any atom is 0.192 e. The first-order valence-corrected chi connectivity index (χ1v) is 9.95. The Morgan fingerprint density at radius 2 is 1.86 bits per heavy atom. The van der Waals surface area contributed by atoms with Crippen molar-refractivity contribution in [3.05, 3.63) is 0 Å². The van der Waals surface area contributed by atoms with Gasteiger partial charge in [0.05, 0.1) is 6.10 Å². The number of rotatable bonds is 4. The summed E-state index contributed by atoms with van der Waals surface area (Å²) in [7, 11) is -1.52. The summed E-state index contributed by atoms with van der Waals surface area (Å²) in [6, 6.07) is 0. The van der Waals surface area contributed by atoms with Crippen molar-refractivity contribution in [3.63, 3.8) is 0 Å². The van der Waals surface area contributed by atoms with Gasteiger partial charge in [0.2, 0.25) is 0 Å². The minimum atomic E-state index is -1.52. The molecule has 0 unspecified atom stereocenters. The molecule has 1 saturated carbocycles. The molecule has 1 atom stereocenters. The topological polar surface area (TPSA) is 9.23 Å². The van der Waals surface area contributed by atoms with Gasteiger partial charge in [0.15, 0.2) is 8.32 Å². The molecule has 1 nitrogen and oxygen atoms in total. The van der Waals surface area contributed by atoms with Crippen LogP contribution in [0.25, 0.3) is 0 Å². The molecule has 1 aliphatic rings. The Morgan fingerprint density at radius 3 is 2.14 bits per heavy atom. The average Bonchev–Trinajstić information content (AvgIpc) is 2.80. The predicted molar refractivity (Wildman–Crippen MR) is 73.7 cm³/mol. The summed E-state index contributed by atoms with van der Waals surface area (Å²) in [5.74, 6) is 0.876. The average molecular weight is 326 g/mol. The molecule has 84 valence electrons. The highest BCUT2D eigenvalue weighted by Crippen LogP contribution is 2.42. The molecule has 0 amide bonds. The first kappa shape index (κ1) is 13.0. The highest BCUT2D eigenvalue weighted by atomic mass is 127. The Balaban J connectivity index is 2.55. The van der Waals surface area contributed by atoms with Crippen LogP contribution in [0.5, 0.6) is 0 Å². The van der Waals surface area contributed by atoms with Crippen LogP contribution >= 0.6 is 22.6 Å². The lowest BCUT2D eigenvalue weighted by molar-refractivity contribution is 0.184. The summed E-state index contributed by atoms with van der Waals surface area (Å²) >= 11 is 2.47. The van der Waals surface area contributed by atoms with E-state index in [9.17, 15) is 0 Å². The van der Waals surface area contributed by atoms with E-state index in [-0.39, 0.29) is 0 Å². The van der Waals surface area contributed by atoms with Crippen LogP contribution in [0, 0.1) is 5.92 Å². The highest BCUT2D eigenvalue weighted by molar-refractivity contribution is 14.1. The zero-order valence-corrected chi connectivity index (χ0v) is 13.2. The summed E-state index contributed by atoms with van der Waals surface area (Å²) in [6.45, 7) is 11.7. The second-order valence-electron chi connectivity index (χ2n) is 5.91. The minimum Gasteiger partial charge on any atom is -0.413 e. The Morgan fingerprint density at radius 1 is 1.36 bits per heavy atom. The molecule has 0 aromatic carbocycles. The molecular weight excluding hydrogens is 303 g/mol. The van der Waals surface area contributed by atoms with E-state index >= 15 is 0 Å². The number of hydrogen-bond donors (Lipinski definition) is 0. The van der Waals surface area contributed by atoms with E-state index < -0.39 is 8.32 Å². The van der Waals surface area contributed by atoms with Gasteiger partial charge in [0, 0.05) is 4.43 Å². The molecule has 14 heavy (non-hydrogen) atoms. The summed E-state index contributed by atoms with van der Waals surface area (Å²) in [4.78, 5) is 0. The monoisotopic (exact) mass is 326 g/mol. The smallest absolute Gasteiger partial charge is 0.192 e. The van der Waals surface area contributed by atoms with Gasteiger partial charge in [-0.15, -0.1) is 0 Å². The molecule has 0 radical (unpaired) electrons. The zero-order chi connectivity index (χ0) is 11.0. The van der Waals surface area contributed by atoms with Gasteiger partial charge in [-0.3, -0.25) is 0 Å². The third-order valence-corrected chi connectivity index (χ3v) is 8.92. The van der Waals surface area contributed by atoms with Gasteiger partial charge in [-0.25, -0.2) is 0 Å². The van der Waals surface area contributed by atoms with Gasteiger partial charge in [-0.1, -0.05) is 43.4 Å². The summed E-state index contributed by atoms with van der Waals surface area (Å²) in [5, 5.41) is 0.353. The van der Waals surface area contributed by atoms with Crippen LogP contribution in [0.2, 0.25) is 18.1 Å². The van der Waals surface area contributed by atoms with E-state index in [1.807, 2.05) is 0 Å². The number of hydrogen-bond acceptors (Lipinski definition) is 1. The van der Waals surface area contributed by atoms with Crippen LogP contribution in [0.3, 0.4) is 0 Å². The standard InChI is InChI=1S/C11H23IOSi/c1-11(2,3)14(4,5)13-10(8-12)9-6-7-9/h9-10H,6-8H2,1-5H3/t10-/m1/s1. The second kappa shape index (κ2) is 4.42. The molecular formula is C11H23IOSi. The molecule has 0 saturated heterocycles. The Bertz CT molecular complexity index is 194. The van der Waals surface area contributed by atoms with Crippen molar-refractivity contribution < 1.29 is 4.43 Å². The number of alkyl halides is 1. The molecule has 0 heterocycles. The third-order valence-electron chi connectivity index (χ3n) is 3.55. The quantitative estimate of drug-likeness (QED) is 0.427. The first-order valence-electron chi connectivity index (χ1n) is 5.52. The predicted octanol–water partition coefficient (Wildman–Crippen LogP) is 4.22. The Kier molecular flexibility index (Phi) is 4.09. The lowest BCUT2D eigenvalue weighted by Gasteiger charge is -2.39. The van der Waals surface area contributed by atoms with Crippen LogP contribution in [0.4, 0.5) is 0 Å². The fourth-order valence-electron chi connectivity index (χ4n) is 1.28. The van der Waals surface area contributed by atoms with E-state index in [4.69, 9.17) is 4.43 Å². The van der Waals surface area contributed by atoms with Crippen molar-refractivity contribution in [3.8, 4) is 0 Å². The van der Waals surface area contributed by atoms with Crippen LogP contribution in [-0.2, 0) is 4.43 Å². The van der Waals surface area contributed by atoms with Crippen LogP contribution in [0.1, 0.15) is 33.6 Å². The van der Waals surface area contributed by atoms with Crippen molar-refractivity contribution in [2.45, 2.75) is 57.8 Å². The third kappa shape index (κ3) is 3.20. The van der Waals surface area contributed by atoms with Crippen molar-refractivity contribution in [1.29, 1.82) is 0 Å². The Hall–Kier alpha value is 0.907. The number of halogens is 1. The lowest BCUT2D eigenvalue weighted by atomic mass is 10.2. The molecule has 1 rings (SSSR count). The summed E-state index contributed by atoms with van der Waals surface area (Å²) < 4.78 is 7.57. The van der Waals surface area contributed by atoms with E-state index in [1.165, 1.54) is 12.8 Å². The maximum atomic E-state index is 6.41. The molecule has 0 bridgehead atoms. The van der Waals surface area contributed by atoms with Crippen molar-refractivity contribution in [2.75, 3.05) is 4.43 Å². The molecule has 0 aliphatic heterocycles. The molecule has 1 aliphatic carbocycles. The first-order chi connectivity index (χ1) is 6.28. The normalized spacial score (nSPS) is 21.0. The lowest BCUT2D eigenvalue weighted by Crippen LogP contribution is -2.44. The summed E-state index contributed by atoms with van der Waals surface area (Å²) in [6.07, 6.45) is 3.32. The summed E-state index contributed by atoms with van der Waals surface area (Å²) in [5.41, 5.74) is 0. The van der Waals surface area contributed by atoms with Crippen LogP contribution in [-0.4, -0.2) is 18.8 Å². The van der Waals surface area contributed by atoms with E-state index in [2.05, 4.69) is 56.5 Å². The van der Waals surface area contributed by atoms with E-state index in [1.54, 1.807) is 0 Å².